The minimum atomic E-state index is -0.344. The van der Waals surface area contributed by atoms with Gasteiger partial charge >= 0.3 is 5.97 Å². The first-order valence-corrected chi connectivity index (χ1v) is 11.1. The topological polar surface area (TPSA) is 54.4 Å². The molecule has 4 rings (SSSR count). The summed E-state index contributed by atoms with van der Waals surface area (Å²) in [7, 11) is 5.76. The zero-order valence-electron chi connectivity index (χ0n) is 19.5. The Labute approximate surface area is 190 Å². The SMILES string of the molecule is CCOC(=O)/C=C(\C)N1N=C2c3cc(OC)ccc3CC[C@H]2[C@@H]1c1ccc(N(C)C)cc1. The van der Waals surface area contributed by atoms with Crippen molar-refractivity contribution in [3.05, 3.63) is 70.9 Å². The second-order valence-corrected chi connectivity index (χ2v) is 8.47. The van der Waals surface area contributed by atoms with Crippen molar-refractivity contribution in [1.29, 1.82) is 0 Å². The predicted molar refractivity (Wildman–Crippen MR) is 127 cm³/mol. The molecule has 32 heavy (non-hydrogen) atoms. The average molecular weight is 434 g/mol. The summed E-state index contributed by atoms with van der Waals surface area (Å²) in [5.41, 5.74) is 6.59. The van der Waals surface area contributed by atoms with E-state index in [1.165, 1.54) is 11.1 Å². The molecule has 2 aromatic rings. The first-order valence-electron chi connectivity index (χ1n) is 11.1. The van der Waals surface area contributed by atoms with Crippen LogP contribution in [0.5, 0.6) is 5.75 Å². The third-order valence-corrected chi connectivity index (χ3v) is 6.25. The van der Waals surface area contributed by atoms with E-state index in [-0.39, 0.29) is 17.9 Å². The fourth-order valence-corrected chi connectivity index (χ4v) is 4.63. The van der Waals surface area contributed by atoms with Crippen LogP contribution in [0.3, 0.4) is 0 Å². The third kappa shape index (κ3) is 4.09. The molecule has 0 N–H and O–H groups in total. The van der Waals surface area contributed by atoms with Gasteiger partial charge in [0.25, 0.3) is 0 Å². The van der Waals surface area contributed by atoms with Crippen molar-refractivity contribution in [3.8, 4) is 5.75 Å². The highest BCUT2D eigenvalue weighted by atomic mass is 16.5. The lowest BCUT2D eigenvalue weighted by Crippen LogP contribution is -2.28. The number of benzene rings is 2. The summed E-state index contributed by atoms with van der Waals surface area (Å²) in [6.07, 6.45) is 3.53. The number of ether oxygens (including phenoxy) is 2. The van der Waals surface area contributed by atoms with E-state index in [1.54, 1.807) is 13.2 Å². The Bertz CT molecular complexity index is 1060. The van der Waals surface area contributed by atoms with Crippen LogP contribution in [0.2, 0.25) is 0 Å². The van der Waals surface area contributed by atoms with E-state index in [1.807, 2.05) is 39.0 Å². The number of carbonyl (C=O) groups excluding carboxylic acids is 1. The van der Waals surface area contributed by atoms with Crippen LogP contribution < -0.4 is 9.64 Å². The summed E-state index contributed by atoms with van der Waals surface area (Å²) >= 11 is 0. The molecule has 1 aliphatic carbocycles. The van der Waals surface area contributed by atoms with E-state index in [0.717, 1.165) is 41.3 Å². The molecule has 0 radical (unpaired) electrons. The largest absolute Gasteiger partial charge is 0.497 e. The van der Waals surface area contributed by atoms with E-state index in [9.17, 15) is 4.79 Å². The molecule has 2 aromatic carbocycles. The fourth-order valence-electron chi connectivity index (χ4n) is 4.63. The summed E-state index contributed by atoms with van der Waals surface area (Å²) in [4.78, 5) is 14.3. The number of rotatable bonds is 6. The Morgan fingerprint density at radius 1 is 1.22 bits per heavy atom. The van der Waals surface area contributed by atoms with Crippen LogP contribution in [0.4, 0.5) is 5.69 Å². The van der Waals surface area contributed by atoms with Crippen molar-refractivity contribution in [2.45, 2.75) is 32.7 Å². The maximum atomic E-state index is 12.2. The van der Waals surface area contributed by atoms with Gasteiger partial charge in [0.2, 0.25) is 0 Å². The highest BCUT2D eigenvalue weighted by molar-refractivity contribution is 6.06. The van der Waals surface area contributed by atoms with Crippen LogP contribution in [0.15, 0.2) is 59.3 Å². The van der Waals surface area contributed by atoms with E-state index >= 15 is 0 Å². The van der Waals surface area contributed by atoms with Gasteiger partial charge in [0, 0.05) is 43.0 Å². The number of nitrogens with zero attached hydrogens (tertiary/aromatic N) is 3. The molecule has 1 heterocycles. The summed E-state index contributed by atoms with van der Waals surface area (Å²) in [6, 6.07) is 14.9. The molecule has 0 fully saturated rings. The number of carbonyl (C=O) groups is 1. The number of methoxy groups -OCH3 is 1. The molecule has 2 aliphatic rings. The Balaban J connectivity index is 1.78. The number of aryl methyl sites for hydroxylation is 1. The summed E-state index contributed by atoms with van der Waals surface area (Å²) in [5, 5.41) is 7.06. The van der Waals surface area contributed by atoms with Gasteiger partial charge in [-0.3, -0.25) is 5.01 Å². The maximum Gasteiger partial charge on any atom is 0.332 e. The van der Waals surface area contributed by atoms with Crippen molar-refractivity contribution in [2.75, 3.05) is 32.7 Å². The number of esters is 1. The molecule has 2 atom stereocenters. The monoisotopic (exact) mass is 433 g/mol. The lowest BCUT2D eigenvalue weighted by atomic mass is 9.77. The number of allylic oxidation sites excluding steroid dienone is 1. The molecule has 0 saturated carbocycles. The highest BCUT2D eigenvalue weighted by Crippen LogP contribution is 2.45. The van der Waals surface area contributed by atoms with Gasteiger partial charge in [-0.15, -0.1) is 0 Å². The van der Waals surface area contributed by atoms with Crippen molar-refractivity contribution in [3.63, 3.8) is 0 Å². The molecular weight excluding hydrogens is 402 g/mol. The Morgan fingerprint density at radius 2 is 1.97 bits per heavy atom. The fraction of sp³-hybridized carbons (Fsp3) is 0.385. The number of hydrogen-bond donors (Lipinski definition) is 0. The quantitative estimate of drug-likeness (QED) is 0.494. The molecule has 6 nitrogen and oxygen atoms in total. The van der Waals surface area contributed by atoms with Crippen LogP contribution in [-0.2, 0) is 16.0 Å². The third-order valence-electron chi connectivity index (χ3n) is 6.25. The Morgan fingerprint density at radius 3 is 2.62 bits per heavy atom. The summed E-state index contributed by atoms with van der Waals surface area (Å²) in [6.45, 7) is 4.08. The highest BCUT2D eigenvalue weighted by Gasteiger charge is 2.42. The van der Waals surface area contributed by atoms with E-state index in [0.29, 0.717) is 6.61 Å². The van der Waals surface area contributed by atoms with Gasteiger partial charge in [-0.25, -0.2) is 4.79 Å². The Kier molecular flexibility index (Phi) is 6.21. The van der Waals surface area contributed by atoms with E-state index in [4.69, 9.17) is 14.6 Å². The zero-order chi connectivity index (χ0) is 22.8. The van der Waals surface area contributed by atoms with Crippen molar-refractivity contribution >= 4 is 17.4 Å². The van der Waals surface area contributed by atoms with Gasteiger partial charge in [-0.2, -0.15) is 5.10 Å². The second kappa shape index (κ2) is 9.07. The Hall–Kier alpha value is -3.28. The van der Waals surface area contributed by atoms with Crippen LogP contribution in [0.1, 0.15) is 43.0 Å². The normalized spacial score (nSPS) is 19.7. The molecule has 1 aliphatic heterocycles. The molecular formula is C26H31N3O3. The lowest BCUT2D eigenvalue weighted by Gasteiger charge is -2.31. The lowest BCUT2D eigenvalue weighted by molar-refractivity contribution is -0.137. The van der Waals surface area contributed by atoms with Crippen LogP contribution in [0, 0.1) is 5.92 Å². The minimum absolute atomic E-state index is 0.0197. The van der Waals surface area contributed by atoms with Gasteiger partial charge in [0.05, 0.1) is 25.5 Å². The van der Waals surface area contributed by atoms with Crippen molar-refractivity contribution in [2.24, 2.45) is 11.0 Å². The number of anilines is 1. The van der Waals surface area contributed by atoms with Crippen molar-refractivity contribution in [1.82, 2.24) is 5.01 Å². The number of fused-ring (bicyclic) bond motifs is 3. The van der Waals surface area contributed by atoms with Gasteiger partial charge in [-0.05, 0) is 62.1 Å². The molecule has 0 amide bonds. The molecule has 0 unspecified atom stereocenters. The molecule has 0 spiro atoms. The van der Waals surface area contributed by atoms with Crippen molar-refractivity contribution < 1.29 is 14.3 Å². The smallest absolute Gasteiger partial charge is 0.332 e. The molecule has 0 bridgehead atoms. The van der Waals surface area contributed by atoms with Gasteiger partial charge in [0.1, 0.15) is 5.75 Å². The summed E-state index contributed by atoms with van der Waals surface area (Å²) < 4.78 is 10.6. The molecule has 0 aromatic heterocycles. The van der Waals surface area contributed by atoms with Gasteiger partial charge < -0.3 is 14.4 Å². The second-order valence-electron chi connectivity index (χ2n) is 8.47. The van der Waals surface area contributed by atoms with E-state index in [2.05, 4.69) is 41.3 Å². The first-order chi connectivity index (χ1) is 15.4. The first kappa shape index (κ1) is 21.9. The van der Waals surface area contributed by atoms with Crippen LogP contribution in [0.25, 0.3) is 0 Å². The predicted octanol–water partition coefficient (Wildman–Crippen LogP) is 4.55. The molecule has 0 saturated heterocycles. The zero-order valence-corrected chi connectivity index (χ0v) is 19.5. The van der Waals surface area contributed by atoms with Crippen LogP contribution in [-0.4, -0.2) is 44.5 Å². The molecule has 6 heteroatoms. The molecule has 168 valence electrons. The number of hydrogen-bond acceptors (Lipinski definition) is 6. The minimum Gasteiger partial charge on any atom is -0.497 e. The average Bonchev–Trinajstić information content (AvgIpc) is 3.19. The van der Waals surface area contributed by atoms with E-state index < -0.39 is 0 Å². The van der Waals surface area contributed by atoms with Gasteiger partial charge in [0.15, 0.2) is 0 Å². The maximum absolute atomic E-state index is 12.2. The summed E-state index contributed by atoms with van der Waals surface area (Å²) in [5.74, 6) is 0.713. The number of hydrazone groups is 1. The van der Waals surface area contributed by atoms with Crippen LogP contribution >= 0.6 is 0 Å². The standard InChI is InChI=1S/C26H31N3O3/c1-6-32-24(30)15-17(2)29-26(19-7-11-20(12-8-19)28(3)4)22-14-10-18-9-13-21(31-5)16-23(18)25(22)27-29/h7-9,11-13,15-16,22,26H,6,10,14H2,1-5H3/b17-15+/t22-,26+/m1/s1. The van der Waals surface area contributed by atoms with Gasteiger partial charge in [-0.1, -0.05) is 18.2 Å².